The molecular weight excluding hydrogens is 284 g/mol. The molecule has 0 saturated carbocycles. The first-order valence-electron chi connectivity index (χ1n) is 7.17. The highest BCUT2D eigenvalue weighted by Crippen LogP contribution is 2.29. The number of rotatable bonds is 5. The lowest BCUT2D eigenvalue weighted by Crippen LogP contribution is -2.17. The van der Waals surface area contributed by atoms with Crippen LogP contribution in [0.25, 0.3) is 0 Å². The van der Waals surface area contributed by atoms with Gasteiger partial charge in [0, 0.05) is 27.4 Å². The quantitative estimate of drug-likeness (QED) is 0.848. The van der Waals surface area contributed by atoms with Crippen LogP contribution < -0.4 is 5.32 Å². The molecule has 2 aromatic rings. The zero-order chi connectivity index (χ0) is 14.8. The van der Waals surface area contributed by atoms with Crippen LogP contribution in [0, 0.1) is 0 Å². The summed E-state index contributed by atoms with van der Waals surface area (Å²) in [6.07, 6.45) is 3.07. The maximum Gasteiger partial charge on any atom is 0.109 e. The zero-order valence-electron chi connectivity index (χ0n) is 13.0. The lowest BCUT2D eigenvalue weighted by Gasteiger charge is -2.15. The third kappa shape index (κ3) is 3.90. The number of thiazole rings is 1. The predicted molar refractivity (Wildman–Crippen MR) is 89.8 cm³/mol. The van der Waals surface area contributed by atoms with E-state index < -0.39 is 0 Å². The fraction of sp³-hybridized carbons (Fsp3) is 0.562. The van der Waals surface area contributed by atoms with Gasteiger partial charge in [-0.1, -0.05) is 27.7 Å². The molecule has 2 aromatic heterocycles. The Morgan fingerprint density at radius 3 is 2.50 bits per heavy atom. The molecule has 2 nitrogen and oxygen atoms in total. The van der Waals surface area contributed by atoms with Gasteiger partial charge in [-0.3, -0.25) is 0 Å². The van der Waals surface area contributed by atoms with Crippen molar-refractivity contribution in [2.75, 3.05) is 0 Å². The smallest absolute Gasteiger partial charge is 0.109 e. The number of aromatic nitrogens is 1. The Labute approximate surface area is 130 Å². The Kier molecular flexibility index (Phi) is 4.99. The molecule has 0 fully saturated rings. The molecule has 0 saturated heterocycles. The number of nitrogens with zero attached hydrogens (tertiary/aromatic N) is 1. The van der Waals surface area contributed by atoms with E-state index in [-0.39, 0.29) is 5.41 Å². The molecule has 1 unspecified atom stereocenters. The Morgan fingerprint density at radius 1 is 1.20 bits per heavy atom. The number of hydrogen-bond donors (Lipinski definition) is 1. The van der Waals surface area contributed by atoms with Crippen LogP contribution >= 0.6 is 22.7 Å². The minimum Gasteiger partial charge on any atom is -0.303 e. The largest absolute Gasteiger partial charge is 0.303 e. The molecule has 0 spiro atoms. The molecule has 2 rings (SSSR count). The average Bonchev–Trinajstić information content (AvgIpc) is 3.04. The summed E-state index contributed by atoms with van der Waals surface area (Å²) in [5, 5.41) is 4.77. The Morgan fingerprint density at radius 2 is 1.95 bits per heavy atom. The summed E-state index contributed by atoms with van der Waals surface area (Å²) in [4.78, 5) is 8.71. The lowest BCUT2D eigenvalue weighted by atomic mass is 9.95. The van der Waals surface area contributed by atoms with Gasteiger partial charge < -0.3 is 5.32 Å². The SMILES string of the molecule is CCc1cnc(C(C)NCc2ccc(C(C)(C)C)s2)s1. The van der Waals surface area contributed by atoms with E-state index in [4.69, 9.17) is 0 Å². The molecule has 0 bridgehead atoms. The monoisotopic (exact) mass is 308 g/mol. The van der Waals surface area contributed by atoms with E-state index in [9.17, 15) is 0 Å². The Hall–Kier alpha value is -0.710. The number of thiophene rings is 1. The standard InChI is InChI=1S/C16H24N2S2/c1-6-12-9-18-15(20-12)11(2)17-10-13-7-8-14(19-13)16(3,4)5/h7-9,11,17H,6,10H2,1-5H3. The topological polar surface area (TPSA) is 24.9 Å². The highest BCUT2D eigenvalue weighted by Gasteiger charge is 2.16. The second-order valence-corrected chi connectivity index (χ2v) is 8.45. The zero-order valence-corrected chi connectivity index (χ0v) is 14.6. The van der Waals surface area contributed by atoms with E-state index in [1.54, 1.807) is 0 Å². The lowest BCUT2D eigenvalue weighted by molar-refractivity contribution is 0.576. The number of nitrogens with one attached hydrogen (secondary N) is 1. The van der Waals surface area contributed by atoms with Crippen LogP contribution in [0.5, 0.6) is 0 Å². The molecular formula is C16H24N2S2. The van der Waals surface area contributed by atoms with Crippen LogP contribution in [-0.4, -0.2) is 4.98 Å². The molecule has 2 heterocycles. The minimum atomic E-state index is 0.250. The van der Waals surface area contributed by atoms with Crippen molar-refractivity contribution in [3.05, 3.63) is 38.0 Å². The van der Waals surface area contributed by atoms with Crippen LogP contribution in [0.15, 0.2) is 18.3 Å². The van der Waals surface area contributed by atoms with Gasteiger partial charge in [-0.25, -0.2) is 4.98 Å². The summed E-state index contributed by atoms with van der Waals surface area (Å²) in [5.41, 5.74) is 0.250. The van der Waals surface area contributed by atoms with Crippen LogP contribution in [0.1, 0.15) is 60.3 Å². The van der Waals surface area contributed by atoms with Crippen LogP contribution in [-0.2, 0) is 18.4 Å². The molecule has 1 N–H and O–H groups in total. The maximum atomic E-state index is 4.50. The van der Waals surface area contributed by atoms with Crippen LogP contribution in [0.3, 0.4) is 0 Å². The number of hydrogen-bond acceptors (Lipinski definition) is 4. The van der Waals surface area contributed by atoms with Crippen molar-refractivity contribution in [3.63, 3.8) is 0 Å². The van der Waals surface area contributed by atoms with Gasteiger partial charge in [0.1, 0.15) is 5.01 Å². The van der Waals surface area contributed by atoms with Crippen molar-refractivity contribution in [2.45, 2.75) is 59.0 Å². The fourth-order valence-electron chi connectivity index (χ4n) is 1.90. The van der Waals surface area contributed by atoms with Crippen molar-refractivity contribution in [3.8, 4) is 0 Å². The van der Waals surface area contributed by atoms with Crippen molar-refractivity contribution < 1.29 is 0 Å². The second kappa shape index (κ2) is 6.37. The predicted octanol–water partition coefficient (Wildman–Crippen LogP) is 4.92. The average molecular weight is 309 g/mol. The third-order valence-electron chi connectivity index (χ3n) is 3.27. The van der Waals surface area contributed by atoms with Crippen molar-refractivity contribution in [2.24, 2.45) is 0 Å². The molecule has 0 aromatic carbocycles. The summed E-state index contributed by atoms with van der Waals surface area (Å²) in [6.45, 7) is 12.1. The van der Waals surface area contributed by atoms with E-state index in [0.717, 1.165) is 13.0 Å². The van der Waals surface area contributed by atoms with E-state index in [2.05, 4.69) is 57.1 Å². The van der Waals surface area contributed by atoms with Crippen LogP contribution in [0.4, 0.5) is 0 Å². The van der Waals surface area contributed by atoms with Crippen molar-refractivity contribution in [1.29, 1.82) is 0 Å². The van der Waals surface area contributed by atoms with E-state index in [1.165, 1.54) is 19.6 Å². The van der Waals surface area contributed by atoms with Gasteiger partial charge in [0.25, 0.3) is 0 Å². The summed E-state index contributed by atoms with van der Waals surface area (Å²) < 4.78 is 0. The maximum absolute atomic E-state index is 4.50. The molecule has 1 atom stereocenters. The van der Waals surface area contributed by atoms with Gasteiger partial charge in [0.05, 0.1) is 6.04 Å². The van der Waals surface area contributed by atoms with Gasteiger partial charge in [-0.15, -0.1) is 22.7 Å². The Bertz CT molecular complexity index is 549. The highest BCUT2D eigenvalue weighted by molar-refractivity contribution is 7.12. The molecule has 4 heteroatoms. The first kappa shape index (κ1) is 15.7. The summed E-state index contributed by atoms with van der Waals surface area (Å²) in [6, 6.07) is 4.82. The van der Waals surface area contributed by atoms with Gasteiger partial charge in [0.2, 0.25) is 0 Å². The first-order valence-corrected chi connectivity index (χ1v) is 8.80. The molecule has 0 aliphatic rings. The van der Waals surface area contributed by atoms with Crippen LogP contribution in [0.2, 0.25) is 0 Å². The van der Waals surface area contributed by atoms with Gasteiger partial charge in [0.15, 0.2) is 0 Å². The second-order valence-electron chi connectivity index (χ2n) is 6.14. The molecule has 20 heavy (non-hydrogen) atoms. The molecule has 110 valence electrons. The highest BCUT2D eigenvalue weighted by atomic mass is 32.1. The van der Waals surface area contributed by atoms with Gasteiger partial charge in [-0.05, 0) is 30.9 Å². The molecule has 0 amide bonds. The van der Waals surface area contributed by atoms with E-state index in [1.807, 2.05) is 28.9 Å². The fourth-order valence-corrected chi connectivity index (χ4v) is 3.80. The molecule has 0 aliphatic heterocycles. The third-order valence-corrected chi connectivity index (χ3v) is 6.11. The van der Waals surface area contributed by atoms with E-state index in [0.29, 0.717) is 6.04 Å². The van der Waals surface area contributed by atoms with Gasteiger partial charge in [-0.2, -0.15) is 0 Å². The summed E-state index contributed by atoms with van der Waals surface area (Å²) in [5.74, 6) is 0. The number of aryl methyl sites for hydroxylation is 1. The first-order chi connectivity index (χ1) is 9.40. The van der Waals surface area contributed by atoms with E-state index >= 15 is 0 Å². The minimum absolute atomic E-state index is 0.250. The van der Waals surface area contributed by atoms with Gasteiger partial charge >= 0.3 is 0 Å². The Balaban J connectivity index is 1.93. The molecule has 0 radical (unpaired) electrons. The van der Waals surface area contributed by atoms with Crippen molar-refractivity contribution >= 4 is 22.7 Å². The van der Waals surface area contributed by atoms with Crippen molar-refractivity contribution in [1.82, 2.24) is 10.3 Å². The molecule has 0 aliphatic carbocycles. The summed E-state index contributed by atoms with van der Waals surface area (Å²) >= 11 is 3.72. The normalized spacial score (nSPS) is 13.7. The summed E-state index contributed by atoms with van der Waals surface area (Å²) in [7, 11) is 0.